The Labute approximate surface area is 125 Å². The molecule has 0 saturated heterocycles. The van der Waals surface area contributed by atoms with Gasteiger partial charge in [0.15, 0.2) is 0 Å². The third-order valence-electron chi connectivity index (χ3n) is 3.82. The second-order valence-corrected chi connectivity index (χ2v) is 5.63. The molecule has 0 aliphatic carbocycles. The number of hydrogen-bond acceptors (Lipinski definition) is 2. The predicted octanol–water partition coefficient (Wildman–Crippen LogP) is 5.95. The first-order valence-corrected chi connectivity index (χ1v) is 7.97. The van der Waals surface area contributed by atoms with Crippen LogP contribution in [0.4, 0.5) is 0 Å². The lowest BCUT2D eigenvalue weighted by Gasteiger charge is -2.29. The first-order valence-electron chi connectivity index (χ1n) is 7.97. The number of aliphatic imine (C=N–C) groups is 2. The van der Waals surface area contributed by atoms with Gasteiger partial charge in [-0.05, 0) is 12.8 Å². The van der Waals surface area contributed by atoms with E-state index in [1.54, 1.807) is 12.4 Å². The van der Waals surface area contributed by atoms with Crippen molar-refractivity contribution in [3.63, 3.8) is 0 Å². The monoisotopic (exact) mass is 276 g/mol. The maximum Gasteiger partial charge on any atom is 0.0644 e. The second kappa shape index (κ2) is 11.6. The van der Waals surface area contributed by atoms with Crippen LogP contribution in [0.3, 0.4) is 0 Å². The van der Waals surface area contributed by atoms with E-state index in [1.807, 2.05) is 6.21 Å². The Morgan fingerprint density at radius 3 is 2.15 bits per heavy atom. The summed E-state index contributed by atoms with van der Waals surface area (Å²) in [6.07, 6.45) is 15.0. The van der Waals surface area contributed by atoms with Gasteiger partial charge in [0.05, 0.1) is 5.71 Å². The standard InChI is InChI=1S/C18H32N2/c1-6-10-12-13-15-18(5,14-11-7-2)17(20-9-4)16-19-8-3/h8-9,16H,3-4,6-7,10-15H2,1-2,5H3. The number of unbranched alkanes of at least 4 members (excludes halogenated alkanes) is 4. The molecule has 0 fully saturated rings. The molecule has 0 rings (SSSR count). The largest absolute Gasteiger partial charge is 0.263 e. The lowest BCUT2D eigenvalue weighted by molar-refractivity contribution is 0.366. The minimum absolute atomic E-state index is 0.102. The molecule has 0 aliphatic heterocycles. The number of rotatable bonds is 12. The van der Waals surface area contributed by atoms with Gasteiger partial charge in [0.1, 0.15) is 0 Å². The van der Waals surface area contributed by atoms with E-state index >= 15 is 0 Å². The molecular formula is C18H32N2. The zero-order valence-electron chi connectivity index (χ0n) is 13.7. The van der Waals surface area contributed by atoms with Gasteiger partial charge in [-0.1, -0.05) is 72.5 Å². The normalized spacial score (nSPS) is 15.2. The van der Waals surface area contributed by atoms with Crippen LogP contribution in [0.5, 0.6) is 0 Å². The quantitative estimate of drug-likeness (QED) is 0.311. The van der Waals surface area contributed by atoms with Gasteiger partial charge in [0.25, 0.3) is 0 Å². The lowest BCUT2D eigenvalue weighted by Crippen LogP contribution is -2.29. The summed E-state index contributed by atoms with van der Waals surface area (Å²) in [5, 5.41) is 0. The van der Waals surface area contributed by atoms with E-state index < -0.39 is 0 Å². The molecule has 0 N–H and O–H groups in total. The summed E-state index contributed by atoms with van der Waals surface area (Å²) in [7, 11) is 0. The van der Waals surface area contributed by atoms with Crippen LogP contribution >= 0.6 is 0 Å². The minimum Gasteiger partial charge on any atom is -0.263 e. The fourth-order valence-corrected chi connectivity index (χ4v) is 2.46. The fourth-order valence-electron chi connectivity index (χ4n) is 2.46. The van der Waals surface area contributed by atoms with Crippen molar-refractivity contribution in [2.24, 2.45) is 15.4 Å². The summed E-state index contributed by atoms with van der Waals surface area (Å²) < 4.78 is 0. The van der Waals surface area contributed by atoms with Crippen LogP contribution in [0, 0.1) is 5.41 Å². The lowest BCUT2D eigenvalue weighted by atomic mass is 9.76. The zero-order valence-corrected chi connectivity index (χ0v) is 13.7. The van der Waals surface area contributed by atoms with Crippen LogP contribution in [-0.4, -0.2) is 11.9 Å². The van der Waals surface area contributed by atoms with E-state index in [9.17, 15) is 0 Å². The Morgan fingerprint density at radius 2 is 1.60 bits per heavy atom. The van der Waals surface area contributed by atoms with Crippen LogP contribution in [-0.2, 0) is 0 Å². The number of nitrogens with zero attached hydrogens (tertiary/aromatic N) is 2. The molecule has 0 radical (unpaired) electrons. The molecule has 0 aromatic carbocycles. The van der Waals surface area contributed by atoms with Crippen molar-refractivity contribution in [1.29, 1.82) is 0 Å². The average Bonchev–Trinajstić information content (AvgIpc) is 2.46. The molecule has 0 heterocycles. The number of hydrogen-bond donors (Lipinski definition) is 0. The SMILES string of the molecule is C=CN=CC(=NC=C)C(C)(CCCC)CCCCCC. The topological polar surface area (TPSA) is 24.7 Å². The molecule has 0 amide bonds. The van der Waals surface area contributed by atoms with Gasteiger partial charge >= 0.3 is 0 Å². The highest BCUT2D eigenvalue weighted by atomic mass is 14.8. The first kappa shape index (κ1) is 18.8. The van der Waals surface area contributed by atoms with Crippen molar-refractivity contribution >= 4 is 11.9 Å². The molecule has 0 aromatic rings. The van der Waals surface area contributed by atoms with E-state index in [1.165, 1.54) is 44.9 Å². The summed E-state index contributed by atoms with van der Waals surface area (Å²) in [6, 6.07) is 0. The van der Waals surface area contributed by atoms with E-state index in [0.29, 0.717) is 0 Å². The molecule has 0 saturated carbocycles. The molecule has 2 heteroatoms. The summed E-state index contributed by atoms with van der Waals surface area (Å²) >= 11 is 0. The molecule has 1 unspecified atom stereocenters. The molecule has 20 heavy (non-hydrogen) atoms. The highest BCUT2D eigenvalue weighted by molar-refractivity contribution is 6.33. The van der Waals surface area contributed by atoms with E-state index in [-0.39, 0.29) is 5.41 Å². The van der Waals surface area contributed by atoms with Gasteiger partial charge in [0.2, 0.25) is 0 Å². The van der Waals surface area contributed by atoms with Crippen molar-refractivity contribution in [2.75, 3.05) is 0 Å². The van der Waals surface area contributed by atoms with Gasteiger partial charge in [-0.25, -0.2) is 0 Å². The Bertz CT molecular complexity index is 328. The van der Waals surface area contributed by atoms with Gasteiger partial charge in [-0.2, -0.15) is 0 Å². The van der Waals surface area contributed by atoms with E-state index in [0.717, 1.165) is 12.1 Å². The smallest absolute Gasteiger partial charge is 0.0644 e. The first-order chi connectivity index (χ1) is 9.64. The van der Waals surface area contributed by atoms with Crippen molar-refractivity contribution in [3.8, 4) is 0 Å². The highest BCUT2D eigenvalue weighted by Gasteiger charge is 2.28. The molecule has 0 aliphatic rings. The van der Waals surface area contributed by atoms with E-state index in [4.69, 9.17) is 0 Å². The fraction of sp³-hybridized carbons (Fsp3) is 0.667. The molecule has 0 aromatic heterocycles. The molecule has 1 atom stereocenters. The highest BCUT2D eigenvalue weighted by Crippen LogP contribution is 2.32. The van der Waals surface area contributed by atoms with E-state index in [2.05, 4.69) is 43.9 Å². The molecule has 0 bridgehead atoms. The maximum atomic E-state index is 4.47. The van der Waals surface area contributed by atoms with Crippen molar-refractivity contribution in [2.45, 2.75) is 72.1 Å². The molecule has 2 nitrogen and oxygen atoms in total. The zero-order chi connectivity index (χ0) is 15.3. The molecular weight excluding hydrogens is 244 g/mol. The second-order valence-electron chi connectivity index (χ2n) is 5.63. The van der Waals surface area contributed by atoms with Gasteiger partial charge < -0.3 is 0 Å². The van der Waals surface area contributed by atoms with Gasteiger partial charge in [0, 0.05) is 24.0 Å². The Morgan fingerprint density at radius 1 is 0.950 bits per heavy atom. The summed E-state index contributed by atoms with van der Waals surface area (Å²) in [6.45, 7) is 14.2. The summed E-state index contributed by atoms with van der Waals surface area (Å²) in [5.74, 6) is 0. The Kier molecular flexibility index (Phi) is 10.9. The molecule has 114 valence electrons. The predicted molar refractivity (Wildman–Crippen MR) is 92.7 cm³/mol. The van der Waals surface area contributed by atoms with Crippen molar-refractivity contribution in [3.05, 3.63) is 25.6 Å². The average molecular weight is 276 g/mol. The van der Waals surface area contributed by atoms with Crippen molar-refractivity contribution < 1.29 is 0 Å². The van der Waals surface area contributed by atoms with Crippen LogP contribution in [0.25, 0.3) is 0 Å². The Balaban J connectivity index is 4.93. The van der Waals surface area contributed by atoms with Crippen LogP contribution in [0.1, 0.15) is 72.1 Å². The van der Waals surface area contributed by atoms with Crippen LogP contribution in [0.2, 0.25) is 0 Å². The van der Waals surface area contributed by atoms with Crippen LogP contribution < -0.4 is 0 Å². The van der Waals surface area contributed by atoms with Crippen LogP contribution in [0.15, 0.2) is 35.5 Å². The molecule has 0 spiro atoms. The third-order valence-corrected chi connectivity index (χ3v) is 3.82. The van der Waals surface area contributed by atoms with Gasteiger partial charge in [-0.3, -0.25) is 9.98 Å². The maximum absolute atomic E-state index is 4.47. The summed E-state index contributed by atoms with van der Waals surface area (Å²) in [4.78, 5) is 8.64. The minimum atomic E-state index is 0.102. The van der Waals surface area contributed by atoms with Gasteiger partial charge in [-0.15, -0.1) is 0 Å². The third kappa shape index (κ3) is 7.42. The van der Waals surface area contributed by atoms with Crippen molar-refractivity contribution in [1.82, 2.24) is 0 Å². The Hall–Kier alpha value is -1.18. The summed E-state index contributed by atoms with van der Waals surface area (Å²) in [5.41, 5.74) is 1.14.